The number of carbonyl (C=O) groups is 1. The minimum atomic E-state index is -0.116. The van der Waals surface area contributed by atoms with E-state index in [1.54, 1.807) is 17.3 Å². The molecule has 0 aliphatic rings. The van der Waals surface area contributed by atoms with E-state index in [9.17, 15) is 9.90 Å². The van der Waals surface area contributed by atoms with Crippen molar-refractivity contribution >= 4 is 6.03 Å². The molecule has 5 heteroatoms. The van der Waals surface area contributed by atoms with Gasteiger partial charge in [-0.15, -0.1) is 0 Å². The predicted molar refractivity (Wildman–Crippen MR) is 94.8 cm³/mol. The number of urea groups is 1. The van der Waals surface area contributed by atoms with E-state index in [-0.39, 0.29) is 12.6 Å². The van der Waals surface area contributed by atoms with Crippen LogP contribution < -0.4 is 5.32 Å². The number of rotatable bonds is 9. The number of nitrogens with zero attached hydrogens (tertiary/aromatic N) is 2. The molecule has 5 nitrogen and oxygen atoms in total. The fourth-order valence-corrected chi connectivity index (χ4v) is 2.49. The van der Waals surface area contributed by atoms with E-state index in [2.05, 4.69) is 10.3 Å². The van der Waals surface area contributed by atoms with Crippen LogP contribution in [0.15, 0.2) is 54.9 Å². The first-order chi connectivity index (χ1) is 11.8. The lowest BCUT2D eigenvalue weighted by Gasteiger charge is -2.22. The molecule has 0 radical (unpaired) electrons. The Bertz CT molecular complexity index is 590. The van der Waals surface area contributed by atoms with E-state index in [1.165, 1.54) is 11.1 Å². The molecule has 2 amide bonds. The smallest absolute Gasteiger partial charge is 0.317 e. The first-order valence-corrected chi connectivity index (χ1v) is 8.36. The Morgan fingerprint density at radius 2 is 1.71 bits per heavy atom. The highest BCUT2D eigenvalue weighted by Crippen LogP contribution is 2.03. The largest absolute Gasteiger partial charge is 0.395 e. The summed E-state index contributed by atoms with van der Waals surface area (Å²) in [6.07, 6.45) is 6.13. The fraction of sp³-hybridized carbons (Fsp3) is 0.368. The maximum atomic E-state index is 12.3. The van der Waals surface area contributed by atoms with Gasteiger partial charge in [0.2, 0.25) is 0 Å². The van der Waals surface area contributed by atoms with Crippen molar-refractivity contribution in [2.24, 2.45) is 0 Å². The van der Waals surface area contributed by atoms with Crippen LogP contribution in [0.1, 0.15) is 17.5 Å². The monoisotopic (exact) mass is 327 g/mol. The van der Waals surface area contributed by atoms with Gasteiger partial charge in [-0.1, -0.05) is 30.3 Å². The summed E-state index contributed by atoms with van der Waals surface area (Å²) in [4.78, 5) is 17.9. The zero-order valence-electron chi connectivity index (χ0n) is 13.9. The van der Waals surface area contributed by atoms with E-state index < -0.39 is 0 Å². The van der Waals surface area contributed by atoms with Crippen LogP contribution in [0, 0.1) is 0 Å². The molecule has 0 saturated heterocycles. The second kappa shape index (κ2) is 10.4. The van der Waals surface area contributed by atoms with Gasteiger partial charge in [0.25, 0.3) is 0 Å². The van der Waals surface area contributed by atoms with Crippen LogP contribution in [0.3, 0.4) is 0 Å². The third-order valence-corrected chi connectivity index (χ3v) is 3.84. The molecule has 0 saturated carbocycles. The number of amides is 2. The van der Waals surface area contributed by atoms with Gasteiger partial charge < -0.3 is 15.3 Å². The summed E-state index contributed by atoms with van der Waals surface area (Å²) >= 11 is 0. The van der Waals surface area contributed by atoms with Gasteiger partial charge >= 0.3 is 6.03 Å². The zero-order valence-corrected chi connectivity index (χ0v) is 13.9. The van der Waals surface area contributed by atoms with Gasteiger partial charge in [0.1, 0.15) is 0 Å². The number of pyridine rings is 1. The molecule has 0 spiro atoms. The Morgan fingerprint density at radius 1 is 1.00 bits per heavy atom. The van der Waals surface area contributed by atoms with Crippen molar-refractivity contribution in [2.45, 2.75) is 19.3 Å². The SMILES string of the molecule is O=C(NCCCc1ccncc1)N(CCO)CCc1ccccc1. The average Bonchev–Trinajstić information content (AvgIpc) is 2.64. The molecule has 1 aromatic carbocycles. The second-order valence-electron chi connectivity index (χ2n) is 5.64. The highest BCUT2D eigenvalue weighted by atomic mass is 16.3. The van der Waals surface area contributed by atoms with Crippen molar-refractivity contribution in [2.75, 3.05) is 26.2 Å². The van der Waals surface area contributed by atoms with Crippen LogP contribution >= 0.6 is 0 Å². The Labute approximate surface area is 143 Å². The first kappa shape index (κ1) is 17.9. The number of nitrogens with one attached hydrogen (secondary N) is 1. The molecule has 0 aliphatic heterocycles. The quantitative estimate of drug-likeness (QED) is 0.694. The van der Waals surface area contributed by atoms with Gasteiger partial charge in [-0.2, -0.15) is 0 Å². The number of carbonyl (C=O) groups excluding carboxylic acids is 1. The van der Waals surface area contributed by atoms with Crippen molar-refractivity contribution in [3.05, 3.63) is 66.0 Å². The number of hydrogen-bond acceptors (Lipinski definition) is 3. The van der Waals surface area contributed by atoms with Gasteiger partial charge in [0.15, 0.2) is 0 Å². The fourth-order valence-electron chi connectivity index (χ4n) is 2.49. The summed E-state index contributed by atoms with van der Waals surface area (Å²) < 4.78 is 0. The highest BCUT2D eigenvalue weighted by Gasteiger charge is 2.12. The summed E-state index contributed by atoms with van der Waals surface area (Å²) in [6.45, 7) is 1.54. The van der Waals surface area contributed by atoms with Gasteiger partial charge in [-0.25, -0.2) is 4.79 Å². The Hall–Kier alpha value is -2.40. The van der Waals surface area contributed by atoms with E-state index in [0.717, 1.165) is 19.3 Å². The molecule has 0 bridgehead atoms. The van der Waals surface area contributed by atoms with Crippen LogP contribution in [0.2, 0.25) is 0 Å². The number of hydrogen-bond donors (Lipinski definition) is 2. The van der Waals surface area contributed by atoms with Crippen molar-refractivity contribution in [1.82, 2.24) is 15.2 Å². The maximum absolute atomic E-state index is 12.3. The number of aryl methyl sites for hydroxylation is 1. The molecule has 24 heavy (non-hydrogen) atoms. The van der Waals surface area contributed by atoms with Crippen molar-refractivity contribution in [1.29, 1.82) is 0 Å². The summed E-state index contributed by atoms with van der Waals surface area (Å²) in [7, 11) is 0. The van der Waals surface area contributed by atoms with Crippen LogP contribution in [0.4, 0.5) is 4.79 Å². The van der Waals surface area contributed by atoms with Crippen LogP contribution in [-0.2, 0) is 12.8 Å². The third kappa shape index (κ3) is 6.38. The summed E-state index contributed by atoms with van der Waals surface area (Å²) in [5.41, 5.74) is 2.40. The lowest BCUT2D eigenvalue weighted by atomic mass is 10.1. The average molecular weight is 327 g/mol. The highest BCUT2D eigenvalue weighted by molar-refractivity contribution is 5.74. The lowest BCUT2D eigenvalue weighted by molar-refractivity contribution is 0.178. The van der Waals surface area contributed by atoms with E-state index in [1.807, 2.05) is 42.5 Å². The topological polar surface area (TPSA) is 65.5 Å². The van der Waals surface area contributed by atoms with Crippen LogP contribution in [0.25, 0.3) is 0 Å². The summed E-state index contributed by atoms with van der Waals surface area (Å²) in [5.74, 6) is 0. The van der Waals surface area contributed by atoms with Crippen LogP contribution in [-0.4, -0.2) is 47.3 Å². The molecule has 0 unspecified atom stereocenters. The number of aliphatic hydroxyl groups is 1. The molecule has 1 aromatic heterocycles. The van der Waals surface area contributed by atoms with Gasteiger partial charge in [-0.05, 0) is 42.5 Å². The molecule has 0 fully saturated rings. The minimum Gasteiger partial charge on any atom is -0.395 e. The third-order valence-electron chi connectivity index (χ3n) is 3.84. The minimum absolute atomic E-state index is 0.0285. The lowest BCUT2D eigenvalue weighted by Crippen LogP contribution is -2.43. The summed E-state index contributed by atoms with van der Waals surface area (Å²) in [5, 5.41) is 12.1. The number of aromatic nitrogens is 1. The normalized spacial score (nSPS) is 10.4. The molecule has 2 N–H and O–H groups in total. The van der Waals surface area contributed by atoms with Gasteiger partial charge in [-0.3, -0.25) is 4.98 Å². The van der Waals surface area contributed by atoms with E-state index in [4.69, 9.17) is 0 Å². The summed E-state index contributed by atoms with van der Waals surface area (Å²) in [6, 6.07) is 13.9. The number of benzene rings is 1. The zero-order chi connectivity index (χ0) is 17.0. The molecule has 0 atom stereocenters. The van der Waals surface area contributed by atoms with Gasteiger partial charge in [0.05, 0.1) is 6.61 Å². The Kier molecular flexibility index (Phi) is 7.77. The molecule has 0 aliphatic carbocycles. The van der Waals surface area contributed by atoms with Crippen molar-refractivity contribution < 1.29 is 9.90 Å². The molecule has 128 valence electrons. The van der Waals surface area contributed by atoms with E-state index >= 15 is 0 Å². The van der Waals surface area contributed by atoms with Crippen molar-refractivity contribution in [3.8, 4) is 0 Å². The molecule has 2 aromatic rings. The maximum Gasteiger partial charge on any atom is 0.317 e. The van der Waals surface area contributed by atoms with Gasteiger partial charge in [0, 0.05) is 32.0 Å². The second-order valence-corrected chi connectivity index (χ2v) is 5.64. The molecular formula is C19H25N3O2. The Balaban J connectivity index is 1.72. The molecular weight excluding hydrogens is 302 g/mol. The van der Waals surface area contributed by atoms with Crippen molar-refractivity contribution in [3.63, 3.8) is 0 Å². The first-order valence-electron chi connectivity index (χ1n) is 8.36. The van der Waals surface area contributed by atoms with Crippen LogP contribution in [0.5, 0.6) is 0 Å². The predicted octanol–water partition coefficient (Wildman–Crippen LogP) is 2.26. The standard InChI is InChI=1S/C19H25N3O2/c23-16-15-22(14-10-17-5-2-1-3-6-17)19(24)21-11-4-7-18-8-12-20-13-9-18/h1-3,5-6,8-9,12-13,23H,4,7,10-11,14-16H2,(H,21,24). The number of aliphatic hydroxyl groups excluding tert-OH is 1. The molecule has 1 heterocycles. The Morgan fingerprint density at radius 3 is 2.42 bits per heavy atom. The van der Waals surface area contributed by atoms with E-state index in [0.29, 0.717) is 19.6 Å². The molecule has 2 rings (SSSR count).